The van der Waals surface area contributed by atoms with Crippen molar-refractivity contribution in [3.63, 3.8) is 0 Å². The van der Waals surface area contributed by atoms with Crippen molar-refractivity contribution in [2.45, 2.75) is 52.0 Å². The summed E-state index contributed by atoms with van der Waals surface area (Å²) in [5, 5.41) is 18.8. The smallest absolute Gasteiger partial charge is 0.289 e. The minimum Gasteiger partial charge on any atom is -0.489 e. The van der Waals surface area contributed by atoms with E-state index in [9.17, 15) is 9.59 Å². The van der Waals surface area contributed by atoms with E-state index in [1.165, 1.54) is 30.6 Å². The van der Waals surface area contributed by atoms with Gasteiger partial charge in [0.05, 0.1) is 5.69 Å². The lowest BCUT2D eigenvalue weighted by Crippen LogP contribution is -2.49. The Morgan fingerprint density at radius 1 is 1.18 bits per heavy atom. The van der Waals surface area contributed by atoms with Crippen molar-refractivity contribution in [3.05, 3.63) is 35.2 Å². The number of rotatable bonds is 5. The Kier molecular flexibility index (Phi) is 5.76. The predicted octanol–water partition coefficient (Wildman–Crippen LogP) is 2.36. The van der Waals surface area contributed by atoms with Gasteiger partial charge in [0.15, 0.2) is 0 Å². The topological polar surface area (TPSA) is 139 Å². The zero-order chi connectivity index (χ0) is 23.8. The number of nitrogens with one attached hydrogen (secondary N) is 2. The van der Waals surface area contributed by atoms with Gasteiger partial charge in [0, 0.05) is 26.0 Å². The van der Waals surface area contributed by atoms with Gasteiger partial charge in [-0.15, -0.1) is 20.4 Å². The Morgan fingerprint density at radius 2 is 1.97 bits per heavy atom. The summed E-state index contributed by atoms with van der Waals surface area (Å²) in [4.78, 5) is 30.4. The summed E-state index contributed by atoms with van der Waals surface area (Å²) in [5.74, 6) is 1.91. The normalized spacial score (nSPS) is 18.5. The third-order valence-corrected chi connectivity index (χ3v) is 6.47. The lowest BCUT2D eigenvalue weighted by molar-refractivity contribution is -0.120. The zero-order valence-electron chi connectivity index (χ0n) is 19.4. The molecule has 3 aromatic rings. The molecule has 2 aliphatic rings. The van der Waals surface area contributed by atoms with Crippen LogP contribution in [0.1, 0.15) is 53.6 Å². The molecule has 1 fully saturated rings. The van der Waals surface area contributed by atoms with Crippen molar-refractivity contribution in [2.75, 3.05) is 18.6 Å². The monoisotopic (exact) mass is 465 g/mol. The maximum absolute atomic E-state index is 13.2. The Labute approximate surface area is 196 Å². The van der Waals surface area contributed by atoms with Crippen molar-refractivity contribution in [1.29, 1.82) is 0 Å². The number of aromatic nitrogens is 5. The highest BCUT2D eigenvalue weighted by Crippen LogP contribution is 2.37. The number of hydrogen-bond acceptors (Lipinski definition) is 8. The van der Waals surface area contributed by atoms with Gasteiger partial charge in [-0.1, -0.05) is 25.7 Å². The molecule has 0 unspecified atom stereocenters. The second-order valence-electron chi connectivity index (χ2n) is 8.97. The Morgan fingerprint density at radius 3 is 2.71 bits per heavy atom. The van der Waals surface area contributed by atoms with Crippen LogP contribution in [0.5, 0.6) is 5.75 Å². The first-order valence-electron chi connectivity index (χ1n) is 11.5. The fraction of sp³-hybridized carbons (Fsp3) is 0.478. The van der Waals surface area contributed by atoms with Gasteiger partial charge in [-0.05, 0) is 30.5 Å². The summed E-state index contributed by atoms with van der Waals surface area (Å²) in [6.45, 7) is 3.61. The van der Waals surface area contributed by atoms with Crippen LogP contribution in [0.2, 0.25) is 0 Å². The van der Waals surface area contributed by atoms with E-state index in [1.54, 1.807) is 20.0 Å². The van der Waals surface area contributed by atoms with Gasteiger partial charge in [-0.2, -0.15) is 0 Å². The number of carbonyl (C=O) groups excluding carboxylic acids is 2. The van der Waals surface area contributed by atoms with Crippen molar-refractivity contribution >= 4 is 17.5 Å². The molecule has 5 rings (SSSR count). The van der Waals surface area contributed by atoms with Crippen molar-refractivity contribution < 1.29 is 18.7 Å². The van der Waals surface area contributed by atoms with Crippen molar-refractivity contribution in [3.8, 4) is 17.2 Å². The molecule has 2 amide bonds. The number of hydrogen-bond donors (Lipinski definition) is 2. The number of aryl methyl sites for hydroxylation is 2. The van der Waals surface area contributed by atoms with E-state index < -0.39 is 11.9 Å². The van der Waals surface area contributed by atoms with Crippen LogP contribution in [0.15, 0.2) is 16.5 Å². The molecule has 0 spiro atoms. The highest BCUT2D eigenvalue weighted by molar-refractivity contribution is 6.02. The van der Waals surface area contributed by atoms with Gasteiger partial charge in [0.25, 0.3) is 11.8 Å². The highest BCUT2D eigenvalue weighted by Gasteiger charge is 2.32. The van der Waals surface area contributed by atoms with Crippen LogP contribution >= 0.6 is 0 Å². The van der Waals surface area contributed by atoms with E-state index in [0.29, 0.717) is 40.5 Å². The average Bonchev–Trinajstić information content (AvgIpc) is 3.57. The number of aromatic amines is 1. The van der Waals surface area contributed by atoms with Crippen LogP contribution in [-0.4, -0.2) is 56.9 Å². The van der Waals surface area contributed by atoms with E-state index >= 15 is 0 Å². The lowest BCUT2D eigenvalue weighted by Gasteiger charge is -2.20. The molecule has 2 N–H and O–H groups in total. The third kappa shape index (κ3) is 4.25. The van der Waals surface area contributed by atoms with Gasteiger partial charge in [0.1, 0.15) is 24.2 Å². The van der Waals surface area contributed by atoms with Gasteiger partial charge in [-0.3, -0.25) is 9.59 Å². The number of likely N-dealkylation sites (N-methyl/N-ethyl adjacent to an activating group) is 1. The first kappa shape index (κ1) is 22.1. The molecule has 0 bridgehead atoms. The number of benzene rings is 1. The first-order valence-corrected chi connectivity index (χ1v) is 11.5. The molecule has 1 aliphatic heterocycles. The molecule has 0 radical (unpaired) electrons. The second-order valence-corrected chi connectivity index (χ2v) is 8.97. The zero-order valence-corrected chi connectivity index (χ0v) is 19.4. The van der Waals surface area contributed by atoms with Gasteiger partial charge < -0.3 is 24.4 Å². The molecule has 34 heavy (non-hydrogen) atoms. The van der Waals surface area contributed by atoms with E-state index in [4.69, 9.17) is 9.15 Å². The molecular weight excluding hydrogens is 438 g/mol. The van der Waals surface area contributed by atoms with E-state index in [-0.39, 0.29) is 18.3 Å². The summed E-state index contributed by atoms with van der Waals surface area (Å²) < 4.78 is 11.5. The Bertz CT molecular complexity index is 1230. The summed E-state index contributed by atoms with van der Waals surface area (Å²) in [5.41, 5.74) is 2.13. The number of H-pyrrole nitrogens is 1. The molecule has 0 saturated heterocycles. The van der Waals surface area contributed by atoms with E-state index in [1.807, 2.05) is 13.0 Å². The minimum atomic E-state index is -0.886. The molecule has 178 valence electrons. The molecule has 1 atom stereocenters. The molecule has 3 heterocycles. The highest BCUT2D eigenvalue weighted by atomic mass is 16.5. The van der Waals surface area contributed by atoms with Crippen molar-refractivity contribution in [2.24, 2.45) is 5.92 Å². The fourth-order valence-electron chi connectivity index (χ4n) is 4.59. The third-order valence-electron chi connectivity index (χ3n) is 6.47. The maximum Gasteiger partial charge on any atom is 0.289 e. The SMILES string of the molecule is Cc1nnc(-c2cc3c(cc2C)OC[C@H](NC(=O)c2nnc(CC4CCCC4)[nH]2)C(=O)N3C)o1. The molecule has 1 aromatic carbocycles. The molecule has 11 heteroatoms. The number of carbonyl (C=O) groups is 2. The number of ether oxygens (including phenoxy) is 1. The summed E-state index contributed by atoms with van der Waals surface area (Å²) in [6.07, 6.45) is 5.61. The quantitative estimate of drug-likeness (QED) is 0.585. The van der Waals surface area contributed by atoms with E-state index in [2.05, 4.69) is 30.7 Å². The molecule has 1 saturated carbocycles. The molecular formula is C23H27N7O4. The van der Waals surface area contributed by atoms with E-state index in [0.717, 1.165) is 12.0 Å². The summed E-state index contributed by atoms with van der Waals surface area (Å²) in [6, 6.07) is 2.72. The van der Waals surface area contributed by atoms with Gasteiger partial charge in [0.2, 0.25) is 17.6 Å². The van der Waals surface area contributed by atoms with Crippen molar-refractivity contribution in [1.82, 2.24) is 30.7 Å². The Balaban J connectivity index is 1.31. The van der Waals surface area contributed by atoms with Crippen LogP contribution < -0.4 is 15.0 Å². The maximum atomic E-state index is 13.2. The lowest BCUT2D eigenvalue weighted by atomic mass is 10.0. The van der Waals surface area contributed by atoms with Crippen LogP contribution in [0.4, 0.5) is 5.69 Å². The van der Waals surface area contributed by atoms with Crippen LogP contribution in [0, 0.1) is 19.8 Å². The number of anilines is 1. The summed E-state index contributed by atoms with van der Waals surface area (Å²) in [7, 11) is 1.64. The van der Waals surface area contributed by atoms with Crippen LogP contribution in [0.3, 0.4) is 0 Å². The Hall–Kier alpha value is -3.76. The molecule has 1 aliphatic carbocycles. The predicted molar refractivity (Wildman–Crippen MR) is 121 cm³/mol. The largest absolute Gasteiger partial charge is 0.489 e. The number of nitrogens with zero attached hydrogens (tertiary/aromatic N) is 5. The van der Waals surface area contributed by atoms with Crippen LogP contribution in [0.25, 0.3) is 11.5 Å². The molecule has 2 aromatic heterocycles. The number of fused-ring (bicyclic) bond motifs is 1. The minimum absolute atomic E-state index is 0.0105. The fourth-order valence-corrected chi connectivity index (χ4v) is 4.59. The average molecular weight is 466 g/mol. The van der Waals surface area contributed by atoms with Crippen LogP contribution in [-0.2, 0) is 11.2 Å². The standard InChI is InChI=1S/C23H27N7O4/c1-12-8-18-17(10-15(12)22-29-26-13(2)34-22)30(3)23(32)16(11-33-18)24-21(31)20-25-19(27-28-20)9-14-6-4-5-7-14/h8,10,14,16H,4-7,9,11H2,1-3H3,(H,24,31)(H,25,27,28)/t16-/m0/s1. The number of amides is 2. The van der Waals surface area contributed by atoms with Gasteiger partial charge in [-0.25, -0.2) is 0 Å². The van der Waals surface area contributed by atoms with Gasteiger partial charge >= 0.3 is 0 Å². The first-order chi connectivity index (χ1) is 16.4. The molecule has 11 nitrogen and oxygen atoms in total. The summed E-state index contributed by atoms with van der Waals surface area (Å²) >= 11 is 0. The second kappa shape index (κ2) is 8.88.